The van der Waals surface area contributed by atoms with Gasteiger partial charge in [-0.15, -0.1) is 12.4 Å². The summed E-state index contributed by atoms with van der Waals surface area (Å²) in [6.07, 6.45) is 0. The van der Waals surface area contributed by atoms with Crippen LogP contribution in [0, 0.1) is 6.92 Å². The highest BCUT2D eigenvalue weighted by Gasteiger charge is 2.24. The summed E-state index contributed by atoms with van der Waals surface area (Å²) in [4.78, 5) is 14.5. The Balaban J connectivity index is 0.00000338. The number of likely N-dealkylation sites (N-methyl/N-ethyl adjacent to an activating group) is 1. The Bertz CT molecular complexity index is 696. The largest absolute Gasteiger partial charge is 0.493 e. The van der Waals surface area contributed by atoms with Crippen molar-refractivity contribution in [3.63, 3.8) is 0 Å². The lowest BCUT2D eigenvalue weighted by atomic mass is 10.2. The van der Waals surface area contributed by atoms with Gasteiger partial charge in [0.2, 0.25) is 5.75 Å². The van der Waals surface area contributed by atoms with Crippen LogP contribution in [0.25, 0.3) is 0 Å². The average Bonchev–Trinajstić information content (AvgIpc) is 2.62. The molecule has 6 heteroatoms. The highest BCUT2D eigenvalue weighted by atomic mass is 35.5. The predicted molar refractivity (Wildman–Crippen MR) is 105 cm³/mol. The van der Waals surface area contributed by atoms with Gasteiger partial charge in [0.05, 0.1) is 14.2 Å². The topological polar surface area (TPSA) is 48.0 Å². The first-order valence-electron chi connectivity index (χ1n) is 8.14. The number of methoxy groups -OCH3 is 2. The summed E-state index contributed by atoms with van der Waals surface area (Å²) >= 11 is 0. The number of hydrogen-bond donors (Lipinski definition) is 0. The van der Waals surface area contributed by atoms with E-state index in [-0.39, 0.29) is 18.4 Å². The number of ether oxygens (including phenoxy) is 3. The summed E-state index contributed by atoms with van der Waals surface area (Å²) in [7, 11) is 4.97. The number of nitrogens with zero attached hydrogens (tertiary/aromatic N) is 1. The molecule has 0 amide bonds. The fraction of sp³-hybridized carbons (Fsp3) is 0.350. The van der Waals surface area contributed by atoms with E-state index in [0.29, 0.717) is 23.8 Å². The molecule has 0 aliphatic carbocycles. The molecule has 2 aromatic rings. The van der Waals surface area contributed by atoms with Crippen LogP contribution in [0.3, 0.4) is 0 Å². The molecule has 0 radical (unpaired) electrons. The third-order valence-corrected chi connectivity index (χ3v) is 4.08. The molecule has 142 valence electrons. The van der Waals surface area contributed by atoms with Crippen molar-refractivity contribution in [1.82, 2.24) is 4.90 Å². The van der Waals surface area contributed by atoms with E-state index in [4.69, 9.17) is 14.2 Å². The number of benzene rings is 2. The maximum absolute atomic E-state index is 12.6. The van der Waals surface area contributed by atoms with Crippen LogP contribution < -0.4 is 14.2 Å². The lowest BCUT2D eigenvalue weighted by Gasteiger charge is -2.24. The highest BCUT2D eigenvalue weighted by Crippen LogP contribution is 2.38. The van der Waals surface area contributed by atoms with Gasteiger partial charge < -0.3 is 14.2 Å². The first-order chi connectivity index (χ1) is 12.0. The Labute approximate surface area is 161 Å². The molecule has 0 bridgehead atoms. The zero-order valence-electron chi connectivity index (χ0n) is 15.8. The van der Waals surface area contributed by atoms with E-state index in [1.807, 2.05) is 68.3 Å². The van der Waals surface area contributed by atoms with Crippen LogP contribution in [-0.4, -0.2) is 38.2 Å². The maximum Gasteiger partial charge on any atom is 0.328 e. The van der Waals surface area contributed by atoms with Crippen molar-refractivity contribution in [1.29, 1.82) is 0 Å². The third kappa shape index (κ3) is 5.38. The molecule has 1 unspecified atom stereocenters. The summed E-state index contributed by atoms with van der Waals surface area (Å²) in [5, 5.41) is 0. The summed E-state index contributed by atoms with van der Waals surface area (Å²) in [6, 6.07) is 13.2. The number of halogens is 1. The van der Waals surface area contributed by atoms with Crippen molar-refractivity contribution in [2.45, 2.75) is 26.4 Å². The second kappa shape index (κ2) is 10.0. The zero-order chi connectivity index (χ0) is 18.4. The van der Waals surface area contributed by atoms with E-state index in [1.165, 1.54) is 14.2 Å². The summed E-state index contributed by atoms with van der Waals surface area (Å²) in [5.41, 5.74) is 2.10. The molecule has 0 aliphatic rings. The normalized spacial score (nSPS) is 11.5. The van der Waals surface area contributed by atoms with Crippen molar-refractivity contribution in [3.8, 4) is 17.2 Å². The van der Waals surface area contributed by atoms with Gasteiger partial charge in [0.25, 0.3) is 0 Å². The van der Waals surface area contributed by atoms with E-state index in [0.717, 1.165) is 11.1 Å². The lowest BCUT2D eigenvalue weighted by molar-refractivity contribution is -0.139. The van der Waals surface area contributed by atoms with E-state index >= 15 is 0 Å². The molecule has 5 nitrogen and oxygen atoms in total. The summed E-state index contributed by atoms with van der Waals surface area (Å²) < 4.78 is 16.3. The Morgan fingerprint density at radius 1 is 1.08 bits per heavy atom. The van der Waals surface area contributed by atoms with Crippen LogP contribution in [0.5, 0.6) is 17.2 Å². The Hall–Kier alpha value is -2.24. The third-order valence-electron chi connectivity index (χ3n) is 4.08. The van der Waals surface area contributed by atoms with Gasteiger partial charge in [-0.25, -0.2) is 4.79 Å². The van der Waals surface area contributed by atoms with Crippen molar-refractivity contribution in [3.05, 3.63) is 53.6 Å². The summed E-state index contributed by atoms with van der Waals surface area (Å²) in [6.45, 7) is 4.39. The summed E-state index contributed by atoms with van der Waals surface area (Å²) in [5.74, 6) is 0.894. The number of carbonyl (C=O) groups excluding carboxylic acids is 1. The maximum atomic E-state index is 12.6. The zero-order valence-corrected chi connectivity index (χ0v) is 16.6. The second-order valence-electron chi connectivity index (χ2n) is 6.00. The lowest BCUT2D eigenvalue weighted by Crippen LogP contribution is -2.38. The van der Waals surface area contributed by atoms with Crippen LogP contribution in [0.1, 0.15) is 18.1 Å². The standard InChI is InChI=1S/C20H25NO4.ClH/c1-14-11-17(23-4)19(18(12-14)24-5)25-20(22)15(2)21(3)13-16-9-7-6-8-10-16;/h6-12,15H,13H2,1-5H3;1H. The number of rotatable bonds is 7. The SMILES string of the molecule is COc1cc(C)cc(OC)c1OC(=O)C(C)N(C)Cc1ccccc1.Cl. The molecule has 0 spiro atoms. The van der Waals surface area contributed by atoms with Gasteiger partial charge in [0.15, 0.2) is 11.5 Å². The molecular weight excluding hydrogens is 354 g/mol. The van der Waals surface area contributed by atoms with Crippen LogP contribution in [0.15, 0.2) is 42.5 Å². The second-order valence-corrected chi connectivity index (χ2v) is 6.00. The molecule has 0 aliphatic heterocycles. The number of esters is 1. The van der Waals surface area contributed by atoms with E-state index < -0.39 is 6.04 Å². The molecular formula is C20H26ClNO4. The Kier molecular flexibility index (Phi) is 8.42. The van der Waals surface area contributed by atoms with Crippen LogP contribution >= 0.6 is 12.4 Å². The molecule has 0 aromatic heterocycles. The number of carbonyl (C=O) groups is 1. The average molecular weight is 380 g/mol. The van der Waals surface area contributed by atoms with Crippen molar-refractivity contribution in [2.75, 3.05) is 21.3 Å². The van der Waals surface area contributed by atoms with Gasteiger partial charge in [-0.3, -0.25) is 4.90 Å². The van der Waals surface area contributed by atoms with Crippen LogP contribution in [0.4, 0.5) is 0 Å². The molecule has 2 rings (SSSR count). The van der Waals surface area contributed by atoms with E-state index in [9.17, 15) is 4.79 Å². The Morgan fingerprint density at radius 2 is 1.62 bits per heavy atom. The first-order valence-corrected chi connectivity index (χ1v) is 8.14. The van der Waals surface area contributed by atoms with Gasteiger partial charge >= 0.3 is 5.97 Å². The molecule has 0 N–H and O–H groups in total. The molecule has 26 heavy (non-hydrogen) atoms. The monoisotopic (exact) mass is 379 g/mol. The smallest absolute Gasteiger partial charge is 0.328 e. The van der Waals surface area contributed by atoms with E-state index in [2.05, 4.69) is 0 Å². The Morgan fingerprint density at radius 3 is 2.12 bits per heavy atom. The highest BCUT2D eigenvalue weighted by molar-refractivity contribution is 5.85. The minimum atomic E-state index is -0.420. The number of hydrogen-bond acceptors (Lipinski definition) is 5. The van der Waals surface area contributed by atoms with Crippen LogP contribution in [0.2, 0.25) is 0 Å². The predicted octanol–water partition coefficient (Wildman–Crippen LogP) is 3.86. The fourth-order valence-electron chi connectivity index (χ4n) is 2.49. The first kappa shape index (κ1) is 21.8. The minimum absolute atomic E-state index is 0. The van der Waals surface area contributed by atoms with Crippen molar-refractivity contribution >= 4 is 18.4 Å². The molecule has 1 atom stereocenters. The molecule has 2 aromatic carbocycles. The number of aryl methyl sites for hydroxylation is 1. The van der Waals surface area contributed by atoms with Crippen molar-refractivity contribution < 1.29 is 19.0 Å². The van der Waals surface area contributed by atoms with Gasteiger partial charge in [-0.2, -0.15) is 0 Å². The minimum Gasteiger partial charge on any atom is -0.493 e. The van der Waals surface area contributed by atoms with Crippen molar-refractivity contribution in [2.24, 2.45) is 0 Å². The molecule has 0 saturated carbocycles. The molecule has 0 heterocycles. The molecule has 0 saturated heterocycles. The quantitative estimate of drug-likeness (QED) is 0.540. The van der Waals surface area contributed by atoms with Gasteiger partial charge in [-0.05, 0) is 44.2 Å². The van der Waals surface area contributed by atoms with Gasteiger partial charge in [0.1, 0.15) is 6.04 Å². The van der Waals surface area contributed by atoms with E-state index in [1.54, 1.807) is 0 Å². The van der Waals surface area contributed by atoms with Gasteiger partial charge in [0, 0.05) is 6.54 Å². The van der Waals surface area contributed by atoms with Gasteiger partial charge in [-0.1, -0.05) is 30.3 Å². The fourth-order valence-corrected chi connectivity index (χ4v) is 2.49. The van der Waals surface area contributed by atoms with Crippen LogP contribution in [-0.2, 0) is 11.3 Å². The molecule has 0 fully saturated rings.